The Kier molecular flexibility index (Phi) is 7.22. The monoisotopic (exact) mass is 440 g/mol. The van der Waals surface area contributed by atoms with Crippen molar-refractivity contribution in [3.8, 4) is 5.75 Å². The summed E-state index contributed by atoms with van der Waals surface area (Å²) in [4.78, 5) is 36.1. The molecule has 1 aromatic heterocycles. The van der Waals surface area contributed by atoms with Gasteiger partial charge in [0.1, 0.15) is 11.3 Å². The number of amides is 2. The van der Waals surface area contributed by atoms with Crippen molar-refractivity contribution in [3.63, 3.8) is 0 Å². The highest BCUT2D eigenvalue weighted by Crippen LogP contribution is 2.28. The van der Waals surface area contributed by atoms with Crippen LogP contribution in [0.3, 0.4) is 0 Å². The van der Waals surface area contributed by atoms with Gasteiger partial charge in [-0.2, -0.15) is 0 Å². The van der Waals surface area contributed by atoms with Gasteiger partial charge in [0.2, 0.25) is 11.8 Å². The minimum Gasteiger partial charge on any atom is -0.494 e. The zero-order valence-corrected chi connectivity index (χ0v) is 19.0. The predicted molar refractivity (Wildman–Crippen MR) is 121 cm³/mol. The summed E-state index contributed by atoms with van der Waals surface area (Å²) in [5.41, 5.74) is 1.83. The van der Waals surface area contributed by atoms with Crippen LogP contribution in [-0.2, 0) is 20.9 Å². The largest absolute Gasteiger partial charge is 0.494 e. The highest BCUT2D eigenvalue weighted by molar-refractivity contribution is 5.88. The van der Waals surface area contributed by atoms with Crippen molar-refractivity contribution in [3.05, 3.63) is 36.0 Å². The Hall–Kier alpha value is -2.71. The molecule has 32 heavy (non-hydrogen) atoms. The smallest absolute Gasteiger partial charge is 0.227 e. The maximum atomic E-state index is 13.2. The van der Waals surface area contributed by atoms with E-state index in [4.69, 9.17) is 9.47 Å². The van der Waals surface area contributed by atoms with Crippen molar-refractivity contribution in [2.75, 3.05) is 60.1 Å². The molecular weight excluding hydrogens is 408 g/mol. The lowest BCUT2D eigenvalue weighted by Gasteiger charge is -2.36. The molecule has 172 valence electrons. The molecule has 0 radical (unpaired) electrons. The van der Waals surface area contributed by atoms with Gasteiger partial charge in [0.25, 0.3) is 0 Å². The van der Waals surface area contributed by atoms with Crippen molar-refractivity contribution < 1.29 is 19.1 Å². The first-order chi connectivity index (χ1) is 15.6. The van der Waals surface area contributed by atoms with Gasteiger partial charge in [-0.25, -0.2) is 0 Å². The molecule has 0 saturated carbocycles. The molecule has 8 heteroatoms. The minimum absolute atomic E-state index is 0.0849. The fraction of sp³-hybridized carbons (Fsp3) is 0.542. The number of hydrogen-bond donors (Lipinski definition) is 0. The summed E-state index contributed by atoms with van der Waals surface area (Å²) in [6.45, 7) is 5.78. The first kappa shape index (κ1) is 22.5. The SMILES string of the molecule is COc1ccc(CN(C)C(=O)[C@H]2CCC(=O)N(CCN3CCOCC3)C2)c2cccnc12. The van der Waals surface area contributed by atoms with Crippen LogP contribution < -0.4 is 4.74 Å². The van der Waals surface area contributed by atoms with Gasteiger partial charge in [-0.05, 0) is 24.1 Å². The van der Waals surface area contributed by atoms with Crippen LogP contribution in [-0.4, -0.2) is 91.6 Å². The number of aromatic nitrogens is 1. The van der Waals surface area contributed by atoms with Crippen LogP contribution in [0.15, 0.2) is 30.5 Å². The van der Waals surface area contributed by atoms with Gasteiger partial charge in [-0.3, -0.25) is 19.5 Å². The number of benzene rings is 1. The standard InChI is InChI=1S/C24H32N4O4/c1-26(16-18-5-7-21(31-2)23-20(18)4-3-9-25-23)24(30)19-6-8-22(29)28(17-19)11-10-27-12-14-32-15-13-27/h3-5,7,9,19H,6,8,10-17H2,1-2H3/t19-/m0/s1. The number of nitrogens with zero attached hydrogens (tertiary/aromatic N) is 4. The summed E-state index contributed by atoms with van der Waals surface area (Å²) >= 11 is 0. The second kappa shape index (κ2) is 10.3. The van der Waals surface area contributed by atoms with Gasteiger partial charge in [-0.15, -0.1) is 0 Å². The number of carbonyl (C=O) groups excluding carboxylic acids is 2. The third-order valence-corrected chi connectivity index (χ3v) is 6.47. The Morgan fingerprint density at radius 1 is 1.25 bits per heavy atom. The maximum absolute atomic E-state index is 13.2. The number of fused-ring (bicyclic) bond motifs is 1. The van der Waals surface area contributed by atoms with Crippen molar-refractivity contribution in [1.29, 1.82) is 0 Å². The van der Waals surface area contributed by atoms with E-state index < -0.39 is 0 Å². The van der Waals surface area contributed by atoms with Crippen molar-refractivity contribution in [2.45, 2.75) is 19.4 Å². The van der Waals surface area contributed by atoms with Gasteiger partial charge in [0, 0.05) is 64.3 Å². The van der Waals surface area contributed by atoms with Gasteiger partial charge < -0.3 is 19.3 Å². The third kappa shape index (κ3) is 5.02. The van der Waals surface area contributed by atoms with Gasteiger partial charge in [-0.1, -0.05) is 12.1 Å². The molecule has 2 aromatic rings. The topological polar surface area (TPSA) is 75.2 Å². The lowest BCUT2D eigenvalue weighted by molar-refractivity contribution is -0.142. The number of rotatable bonds is 7. The van der Waals surface area contributed by atoms with E-state index in [-0.39, 0.29) is 17.7 Å². The van der Waals surface area contributed by atoms with Crippen molar-refractivity contribution in [2.24, 2.45) is 5.92 Å². The maximum Gasteiger partial charge on any atom is 0.227 e. The lowest BCUT2D eigenvalue weighted by Crippen LogP contribution is -2.49. The molecule has 0 spiro atoms. The number of carbonyl (C=O) groups is 2. The Labute approximate surface area is 189 Å². The molecule has 0 unspecified atom stereocenters. The summed E-state index contributed by atoms with van der Waals surface area (Å²) in [5.74, 6) is 0.795. The van der Waals surface area contributed by atoms with E-state index in [0.717, 1.165) is 55.1 Å². The van der Waals surface area contributed by atoms with Crippen molar-refractivity contribution >= 4 is 22.7 Å². The minimum atomic E-state index is -0.162. The molecule has 4 rings (SSSR count). The van der Waals surface area contributed by atoms with Crippen LogP contribution in [0.25, 0.3) is 10.9 Å². The van der Waals surface area contributed by atoms with Crippen LogP contribution in [0, 0.1) is 5.92 Å². The molecule has 0 N–H and O–H groups in total. The summed E-state index contributed by atoms with van der Waals surface area (Å²) < 4.78 is 10.8. The predicted octanol–water partition coefficient (Wildman–Crippen LogP) is 1.77. The number of methoxy groups -OCH3 is 1. The molecule has 0 aliphatic carbocycles. The fourth-order valence-corrected chi connectivity index (χ4v) is 4.57. The van der Waals surface area contributed by atoms with E-state index in [0.29, 0.717) is 32.5 Å². The zero-order valence-electron chi connectivity index (χ0n) is 19.0. The second-order valence-corrected chi connectivity index (χ2v) is 8.55. The Balaban J connectivity index is 1.39. The number of morpholine rings is 1. The quantitative estimate of drug-likeness (QED) is 0.653. The molecule has 2 saturated heterocycles. The average molecular weight is 441 g/mol. The number of piperidine rings is 1. The van der Waals surface area contributed by atoms with Crippen LogP contribution in [0.4, 0.5) is 0 Å². The normalized spacial score (nSPS) is 19.9. The van der Waals surface area contributed by atoms with Gasteiger partial charge in [0.05, 0.1) is 26.2 Å². The molecule has 2 aliphatic rings. The molecule has 2 aliphatic heterocycles. The molecular formula is C24H32N4O4. The molecule has 8 nitrogen and oxygen atoms in total. The van der Waals surface area contributed by atoms with Crippen molar-refractivity contribution in [1.82, 2.24) is 19.7 Å². The molecule has 2 amide bonds. The first-order valence-corrected chi connectivity index (χ1v) is 11.3. The van der Waals surface area contributed by atoms with E-state index >= 15 is 0 Å². The van der Waals surface area contributed by atoms with E-state index in [1.807, 2.05) is 36.2 Å². The Morgan fingerprint density at radius 2 is 2.06 bits per heavy atom. The number of hydrogen-bond acceptors (Lipinski definition) is 6. The van der Waals surface area contributed by atoms with Gasteiger partial charge in [0.15, 0.2) is 0 Å². The summed E-state index contributed by atoms with van der Waals surface area (Å²) in [6.07, 6.45) is 2.79. The van der Waals surface area contributed by atoms with Crippen LogP contribution >= 0.6 is 0 Å². The lowest BCUT2D eigenvalue weighted by atomic mass is 9.95. The molecule has 3 heterocycles. The van der Waals surface area contributed by atoms with E-state index in [1.54, 1.807) is 18.2 Å². The van der Waals surface area contributed by atoms with Crippen LogP contribution in [0.5, 0.6) is 5.75 Å². The first-order valence-electron chi connectivity index (χ1n) is 11.3. The summed E-state index contributed by atoms with van der Waals surface area (Å²) in [6, 6.07) is 7.79. The highest BCUT2D eigenvalue weighted by atomic mass is 16.5. The number of pyridine rings is 1. The zero-order chi connectivity index (χ0) is 22.5. The van der Waals surface area contributed by atoms with Crippen LogP contribution in [0.2, 0.25) is 0 Å². The van der Waals surface area contributed by atoms with Crippen LogP contribution in [0.1, 0.15) is 18.4 Å². The molecule has 2 fully saturated rings. The molecule has 0 bridgehead atoms. The van der Waals surface area contributed by atoms with E-state index in [1.165, 1.54) is 0 Å². The number of likely N-dealkylation sites (tertiary alicyclic amines) is 1. The molecule has 1 aromatic carbocycles. The Bertz CT molecular complexity index is 960. The Morgan fingerprint density at radius 3 is 2.84 bits per heavy atom. The fourth-order valence-electron chi connectivity index (χ4n) is 4.57. The highest BCUT2D eigenvalue weighted by Gasteiger charge is 2.32. The second-order valence-electron chi connectivity index (χ2n) is 8.55. The van der Waals surface area contributed by atoms with Gasteiger partial charge >= 0.3 is 0 Å². The molecule has 1 atom stereocenters. The van der Waals surface area contributed by atoms with E-state index in [9.17, 15) is 9.59 Å². The van der Waals surface area contributed by atoms with E-state index in [2.05, 4.69) is 9.88 Å². The summed E-state index contributed by atoms with van der Waals surface area (Å²) in [7, 11) is 3.47. The number of ether oxygens (including phenoxy) is 2. The third-order valence-electron chi connectivity index (χ3n) is 6.47. The average Bonchev–Trinajstić information content (AvgIpc) is 2.84. The summed E-state index contributed by atoms with van der Waals surface area (Å²) in [5, 5.41) is 0.984.